The number of fused-ring (bicyclic) bond motifs is 1. The van der Waals surface area contributed by atoms with Gasteiger partial charge in [0.1, 0.15) is 11.9 Å². The van der Waals surface area contributed by atoms with Gasteiger partial charge in [-0.3, -0.25) is 4.79 Å². The maximum Gasteiger partial charge on any atom is 0.323 e. The fourth-order valence-electron chi connectivity index (χ4n) is 4.66. The van der Waals surface area contributed by atoms with Gasteiger partial charge in [0.2, 0.25) is 10.0 Å². The van der Waals surface area contributed by atoms with Crippen molar-refractivity contribution in [2.45, 2.75) is 30.9 Å². The summed E-state index contributed by atoms with van der Waals surface area (Å²) in [4.78, 5) is 28.3. The van der Waals surface area contributed by atoms with Crippen LogP contribution < -0.4 is 20.1 Å². The van der Waals surface area contributed by atoms with Gasteiger partial charge in [-0.2, -0.15) is 4.31 Å². The molecule has 0 saturated heterocycles. The van der Waals surface area contributed by atoms with E-state index in [9.17, 15) is 23.1 Å². The number of ether oxygens (including phenoxy) is 2. The topological polar surface area (TPSA) is 138 Å². The average molecular weight is 631 g/mol. The number of nitrogens with one attached hydrogen (secondary N) is 2. The normalized spacial score (nSPS) is 17.7. The highest BCUT2D eigenvalue weighted by Gasteiger charge is 2.36. The number of carbonyl (C=O) groups excluding carboxylic acids is 2. The number of amides is 3. The van der Waals surface area contributed by atoms with E-state index >= 15 is 0 Å². The third-order valence-corrected chi connectivity index (χ3v) is 9.34. The smallest absolute Gasteiger partial charge is 0.323 e. The second-order valence-electron chi connectivity index (χ2n) is 10.4. The molecule has 1 aliphatic rings. The third-order valence-electron chi connectivity index (χ3n) is 7.25. The molecule has 3 amide bonds. The van der Waals surface area contributed by atoms with Gasteiger partial charge in [0, 0.05) is 30.2 Å². The first-order valence-electron chi connectivity index (χ1n) is 13.6. The molecule has 13 heteroatoms. The number of sulfonamides is 1. The van der Waals surface area contributed by atoms with E-state index in [2.05, 4.69) is 10.6 Å². The molecule has 230 valence electrons. The van der Waals surface area contributed by atoms with Crippen LogP contribution in [0, 0.1) is 5.92 Å². The number of aliphatic hydroxyl groups is 1. The molecule has 3 aromatic carbocycles. The lowest BCUT2D eigenvalue weighted by molar-refractivity contribution is 0.0389. The van der Waals surface area contributed by atoms with Gasteiger partial charge < -0.3 is 30.1 Å². The van der Waals surface area contributed by atoms with E-state index in [-0.39, 0.29) is 53.4 Å². The van der Waals surface area contributed by atoms with E-state index in [0.29, 0.717) is 16.5 Å². The maximum atomic E-state index is 13.7. The standard InChI is InChI=1S/C30H35ClN4O7S/c1-19-16-35(20(2)18-36)29(37)25-6-5-7-26(33-30(38)32-22-10-12-23(41-4)13-11-22)28(25)42-27(19)17-34(3)43(39,40)24-14-8-21(31)9-15-24/h5-15,19-20,27,36H,16-18H2,1-4H3,(H2,32,33,38)/t19-,20+,27+/m1/s1. The first-order valence-corrected chi connectivity index (χ1v) is 15.4. The lowest BCUT2D eigenvalue weighted by Gasteiger charge is -2.38. The van der Waals surface area contributed by atoms with Crippen molar-refractivity contribution >= 4 is 44.9 Å². The van der Waals surface area contributed by atoms with Crippen molar-refractivity contribution < 1.29 is 32.6 Å². The van der Waals surface area contributed by atoms with Crippen molar-refractivity contribution in [1.82, 2.24) is 9.21 Å². The molecule has 0 aromatic heterocycles. The van der Waals surface area contributed by atoms with Gasteiger partial charge in [-0.15, -0.1) is 0 Å². The summed E-state index contributed by atoms with van der Waals surface area (Å²) >= 11 is 5.95. The van der Waals surface area contributed by atoms with Gasteiger partial charge in [-0.1, -0.05) is 24.6 Å². The number of halogens is 1. The number of rotatable bonds is 9. The molecule has 3 N–H and O–H groups in total. The fraction of sp³-hybridized carbons (Fsp3) is 0.333. The quantitative estimate of drug-likeness (QED) is 0.316. The number of likely N-dealkylation sites (N-methyl/N-ethyl adjacent to an activating group) is 1. The van der Waals surface area contributed by atoms with Crippen LogP contribution in [0.5, 0.6) is 11.5 Å². The van der Waals surface area contributed by atoms with E-state index in [1.807, 2.05) is 6.92 Å². The molecule has 0 aliphatic carbocycles. The molecule has 43 heavy (non-hydrogen) atoms. The average Bonchev–Trinajstić information content (AvgIpc) is 2.99. The highest BCUT2D eigenvalue weighted by molar-refractivity contribution is 7.89. The summed E-state index contributed by atoms with van der Waals surface area (Å²) in [6.07, 6.45) is -0.736. The highest BCUT2D eigenvalue weighted by Crippen LogP contribution is 2.35. The second kappa shape index (κ2) is 13.6. The molecule has 0 unspecified atom stereocenters. The molecule has 0 radical (unpaired) electrons. The summed E-state index contributed by atoms with van der Waals surface area (Å²) in [6.45, 7) is 3.44. The number of aliphatic hydroxyl groups excluding tert-OH is 1. The summed E-state index contributed by atoms with van der Waals surface area (Å²) in [5, 5.41) is 15.8. The number of nitrogens with zero attached hydrogens (tertiary/aromatic N) is 2. The Morgan fingerprint density at radius 1 is 1.14 bits per heavy atom. The van der Waals surface area contributed by atoms with Crippen molar-refractivity contribution in [3.63, 3.8) is 0 Å². The van der Waals surface area contributed by atoms with Gasteiger partial charge in [0.15, 0.2) is 5.75 Å². The number of hydrogen-bond acceptors (Lipinski definition) is 7. The number of methoxy groups -OCH3 is 1. The first-order chi connectivity index (χ1) is 20.4. The van der Waals surface area contributed by atoms with Crippen LogP contribution in [0.25, 0.3) is 0 Å². The van der Waals surface area contributed by atoms with Crippen molar-refractivity contribution in [1.29, 1.82) is 0 Å². The molecule has 0 spiro atoms. The molecule has 11 nitrogen and oxygen atoms in total. The molecule has 0 fully saturated rings. The summed E-state index contributed by atoms with van der Waals surface area (Å²) in [7, 11) is -0.913. The van der Waals surface area contributed by atoms with Crippen molar-refractivity contribution in [3.8, 4) is 11.5 Å². The van der Waals surface area contributed by atoms with E-state index in [1.165, 1.54) is 40.5 Å². The summed E-state index contributed by atoms with van der Waals surface area (Å²) in [5.41, 5.74) is 0.899. The van der Waals surface area contributed by atoms with E-state index in [0.717, 1.165) is 0 Å². The molecule has 1 aliphatic heterocycles. The Bertz CT molecular complexity index is 1550. The lowest BCUT2D eigenvalue weighted by Crippen LogP contribution is -2.50. The number of urea groups is 1. The van der Waals surface area contributed by atoms with E-state index in [1.54, 1.807) is 56.5 Å². The predicted octanol–water partition coefficient (Wildman–Crippen LogP) is 4.53. The fourth-order valence-corrected chi connectivity index (χ4v) is 5.97. The molecule has 1 heterocycles. The Morgan fingerprint density at radius 3 is 2.44 bits per heavy atom. The summed E-state index contributed by atoms with van der Waals surface area (Å²) < 4.78 is 39.5. The number of para-hydroxylation sites is 1. The minimum Gasteiger partial charge on any atom is -0.497 e. The van der Waals surface area contributed by atoms with Gasteiger partial charge in [-0.05, 0) is 67.6 Å². The minimum atomic E-state index is -3.91. The molecule has 3 aromatic rings. The Morgan fingerprint density at radius 2 is 1.81 bits per heavy atom. The Hall–Kier alpha value is -3.84. The molecule has 4 rings (SSSR count). The number of hydrogen-bond donors (Lipinski definition) is 3. The largest absolute Gasteiger partial charge is 0.497 e. The Labute approximate surface area is 256 Å². The Kier molecular flexibility index (Phi) is 10.2. The highest BCUT2D eigenvalue weighted by atomic mass is 35.5. The summed E-state index contributed by atoms with van der Waals surface area (Å²) in [6, 6.07) is 16.3. The van der Waals surface area contributed by atoms with Gasteiger partial charge in [0.25, 0.3) is 5.91 Å². The lowest BCUT2D eigenvalue weighted by atomic mass is 9.99. The number of anilines is 2. The SMILES string of the molecule is COc1ccc(NC(=O)Nc2cccc3c2O[C@@H](CN(C)S(=O)(=O)c2ccc(Cl)cc2)[C@H](C)CN([C@@H](C)CO)C3=O)cc1. The van der Waals surface area contributed by atoms with Crippen LogP contribution in [-0.2, 0) is 10.0 Å². The number of carbonyl (C=O) groups is 2. The van der Waals surface area contributed by atoms with Gasteiger partial charge in [0.05, 0.1) is 42.4 Å². The molecule has 0 bridgehead atoms. The molecular formula is C30H35ClN4O7S. The van der Waals surface area contributed by atoms with Crippen LogP contribution in [0.3, 0.4) is 0 Å². The zero-order chi connectivity index (χ0) is 31.3. The minimum absolute atomic E-state index is 0.0620. The molecular weight excluding hydrogens is 596 g/mol. The number of benzene rings is 3. The summed E-state index contributed by atoms with van der Waals surface area (Å²) in [5.74, 6) is -0.0214. The van der Waals surface area contributed by atoms with Crippen LogP contribution in [0.15, 0.2) is 71.6 Å². The maximum absolute atomic E-state index is 13.7. The first kappa shape index (κ1) is 32.1. The monoisotopic (exact) mass is 630 g/mol. The van der Waals surface area contributed by atoms with Crippen LogP contribution in [0.2, 0.25) is 5.02 Å². The molecule has 3 atom stereocenters. The zero-order valence-electron chi connectivity index (χ0n) is 24.3. The van der Waals surface area contributed by atoms with Crippen molar-refractivity contribution in [2.24, 2.45) is 5.92 Å². The Balaban J connectivity index is 1.67. The van der Waals surface area contributed by atoms with Crippen LogP contribution >= 0.6 is 11.6 Å². The third kappa shape index (κ3) is 7.39. The second-order valence-corrected chi connectivity index (χ2v) is 12.8. The van der Waals surface area contributed by atoms with Crippen molar-refractivity contribution in [3.05, 3.63) is 77.3 Å². The van der Waals surface area contributed by atoms with Gasteiger partial charge >= 0.3 is 6.03 Å². The van der Waals surface area contributed by atoms with Crippen LogP contribution in [-0.4, -0.2) is 80.7 Å². The predicted molar refractivity (Wildman–Crippen MR) is 165 cm³/mol. The molecule has 0 saturated carbocycles. The van der Waals surface area contributed by atoms with E-state index < -0.39 is 28.2 Å². The zero-order valence-corrected chi connectivity index (χ0v) is 25.9. The van der Waals surface area contributed by atoms with Crippen LogP contribution in [0.4, 0.5) is 16.2 Å². The van der Waals surface area contributed by atoms with Crippen LogP contribution in [0.1, 0.15) is 24.2 Å². The van der Waals surface area contributed by atoms with Gasteiger partial charge in [-0.25, -0.2) is 13.2 Å². The van der Waals surface area contributed by atoms with Crippen molar-refractivity contribution in [2.75, 3.05) is 44.5 Å². The van der Waals surface area contributed by atoms with E-state index in [4.69, 9.17) is 21.1 Å².